The van der Waals surface area contributed by atoms with Crippen molar-refractivity contribution in [2.75, 3.05) is 12.3 Å². The molecule has 1 aliphatic rings. The van der Waals surface area contributed by atoms with Gasteiger partial charge in [0.25, 0.3) is 0 Å². The Morgan fingerprint density at radius 3 is 3.25 bits per heavy atom. The highest BCUT2D eigenvalue weighted by Gasteiger charge is 2.04. The fourth-order valence-corrected chi connectivity index (χ4v) is 1.32. The van der Waals surface area contributed by atoms with Crippen molar-refractivity contribution in [1.29, 1.82) is 5.26 Å². The van der Waals surface area contributed by atoms with Gasteiger partial charge in [-0.15, -0.1) is 11.8 Å². The van der Waals surface area contributed by atoms with Crippen molar-refractivity contribution in [3.05, 3.63) is 0 Å². The molecule has 0 fully saturated rings. The molecule has 42 valence electrons. The van der Waals surface area contributed by atoms with Crippen molar-refractivity contribution in [1.82, 2.24) is 0 Å². The van der Waals surface area contributed by atoms with Crippen molar-refractivity contribution < 1.29 is 0 Å². The summed E-state index contributed by atoms with van der Waals surface area (Å²) < 4.78 is 0. The molecular weight excluding hydrogens is 120 g/mol. The van der Waals surface area contributed by atoms with Gasteiger partial charge in [0.1, 0.15) is 0 Å². The quantitative estimate of drug-likeness (QED) is 0.526. The molecule has 8 heavy (non-hydrogen) atoms. The Bertz CT molecular complexity index is 145. The molecule has 3 heteroatoms. The van der Waals surface area contributed by atoms with Crippen LogP contribution in [0.2, 0.25) is 0 Å². The summed E-state index contributed by atoms with van der Waals surface area (Å²) >= 11 is 1.69. The number of thioether (sulfide) groups is 1. The lowest BCUT2D eigenvalue weighted by molar-refractivity contribution is 1.17. The maximum Gasteiger partial charge on any atom is 0.0831 e. The highest BCUT2D eigenvalue weighted by Crippen LogP contribution is 2.13. The summed E-state index contributed by atoms with van der Waals surface area (Å²) in [6.07, 6.45) is 0.505. The lowest BCUT2D eigenvalue weighted by Crippen LogP contribution is -1.81. The van der Waals surface area contributed by atoms with Gasteiger partial charge in [0.05, 0.1) is 17.5 Å². The van der Waals surface area contributed by atoms with Crippen molar-refractivity contribution in [3.63, 3.8) is 0 Å². The Hall–Kier alpha value is -0.490. The van der Waals surface area contributed by atoms with Crippen LogP contribution in [0.3, 0.4) is 0 Å². The van der Waals surface area contributed by atoms with Gasteiger partial charge in [-0.1, -0.05) is 0 Å². The molecule has 1 heterocycles. The van der Waals surface area contributed by atoms with Crippen molar-refractivity contribution in [2.24, 2.45) is 4.99 Å². The Balaban J connectivity index is 2.36. The minimum absolute atomic E-state index is 0.505. The summed E-state index contributed by atoms with van der Waals surface area (Å²) in [6, 6.07) is 2.06. The molecule has 0 aliphatic carbocycles. The Morgan fingerprint density at radius 1 is 1.88 bits per heavy atom. The maximum absolute atomic E-state index is 8.18. The lowest BCUT2D eigenvalue weighted by Gasteiger charge is -1.83. The fraction of sp³-hybridized carbons (Fsp3) is 0.600. The second-order valence-electron chi connectivity index (χ2n) is 1.46. The summed E-state index contributed by atoms with van der Waals surface area (Å²) in [7, 11) is 0. The highest BCUT2D eigenvalue weighted by molar-refractivity contribution is 8.14. The number of aliphatic imine (C=N–C) groups is 1. The minimum Gasteiger partial charge on any atom is -0.281 e. The van der Waals surface area contributed by atoms with E-state index in [9.17, 15) is 0 Å². The minimum atomic E-state index is 0.505. The van der Waals surface area contributed by atoms with Crippen LogP contribution in [0, 0.1) is 11.3 Å². The summed E-state index contributed by atoms with van der Waals surface area (Å²) in [5, 5.41) is 9.19. The molecule has 0 saturated carbocycles. The van der Waals surface area contributed by atoms with Gasteiger partial charge in [0.15, 0.2) is 0 Å². The molecule has 0 saturated heterocycles. The monoisotopic (exact) mass is 126 g/mol. The first kappa shape index (κ1) is 5.64. The van der Waals surface area contributed by atoms with Gasteiger partial charge in [-0.3, -0.25) is 4.99 Å². The van der Waals surface area contributed by atoms with Crippen LogP contribution >= 0.6 is 11.8 Å². The zero-order chi connectivity index (χ0) is 5.82. The topological polar surface area (TPSA) is 36.1 Å². The van der Waals surface area contributed by atoms with Crippen molar-refractivity contribution in [3.8, 4) is 6.07 Å². The summed E-state index contributed by atoms with van der Waals surface area (Å²) in [4.78, 5) is 4.08. The van der Waals surface area contributed by atoms with E-state index in [4.69, 9.17) is 5.26 Å². The molecule has 0 unspecified atom stereocenters. The van der Waals surface area contributed by atoms with Crippen molar-refractivity contribution >= 4 is 16.8 Å². The molecule has 0 amide bonds. The number of rotatable bonds is 1. The fourth-order valence-electron chi connectivity index (χ4n) is 0.554. The van der Waals surface area contributed by atoms with Crippen LogP contribution in [0.1, 0.15) is 6.42 Å². The van der Waals surface area contributed by atoms with E-state index in [0.29, 0.717) is 6.42 Å². The Labute approximate surface area is 52.6 Å². The van der Waals surface area contributed by atoms with Gasteiger partial charge in [-0.25, -0.2) is 0 Å². The van der Waals surface area contributed by atoms with E-state index in [1.54, 1.807) is 11.8 Å². The third kappa shape index (κ3) is 1.24. The third-order valence-electron chi connectivity index (χ3n) is 0.878. The first-order valence-electron chi connectivity index (χ1n) is 2.46. The van der Waals surface area contributed by atoms with E-state index in [1.807, 2.05) is 0 Å². The largest absolute Gasteiger partial charge is 0.281 e. The predicted molar refractivity (Wildman–Crippen MR) is 35.0 cm³/mol. The predicted octanol–water partition coefficient (Wildman–Crippen LogP) is 1.05. The second-order valence-corrected chi connectivity index (χ2v) is 2.63. The van der Waals surface area contributed by atoms with Gasteiger partial charge in [0.2, 0.25) is 0 Å². The Kier molecular flexibility index (Phi) is 1.93. The zero-order valence-electron chi connectivity index (χ0n) is 4.42. The first-order chi connectivity index (χ1) is 3.93. The highest BCUT2D eigenvalue weighted by atomic mass is 32.2. The van der Waals surface area contributed by atoms with E-state index in [2.05, 4.69) is 11.1 Å². The van der Waals surface area contributed by atoms with Crippen molar-refractivity contribution in [2.45, 2.75) is 6.42 Å². The van der Waals surface area contributed by atoms with E-state index in [-0.39, 0.29) is 0 Å². The molecule has 0 bridgehead atoms. The smallest absolute Gasteiger partial charge is 0.0831 e. The first-order valence-corrected chi connectivity index (χ1v) is 3.45. The normalized spacial score (nSPS) is 17.6. The standard InChI is InChI=1S/C5H6N2S/c6-2-1-5-7-3-4-8-5/h1,3-4H2. The van der Waals surface area contributed by atoms with Gasteiger partial charge in [-0.2, -0.15) is 5.26 Å². The third-order valence-corrected chi connectivity index (χ3v) is 1.87. The molecule has 0 aromatic carbocycles. The van der Waals surface area contributed by atoms with Crippen LogP contribution in [-0.4, -0.2) is 17.3 Å². The second kappa shape index (κ2) is 2.73. The SMILES string of the molecule is N#CCC1=NCCS1. The van der Waals surface area contributed by atoms with Gasteiger partial charge < -0.3 is 0 Å². The zero-order valence-corrected chi connectivity index (χ0v) is 5.24. The van der Waals surface area contributed by atoms with Crippen LogP contribution in [0.4, 0.5) is 0 Å². The Morgan fingerprint density at radius 2 is 2.75 bits per heavy atom. The summed E-state index contributed by atoms with van der Waals surface area (Å²) in [5.41, 5.74) is 0. The molecule has 0 spiro atoms. The van der Waals surface area contributed by atoms with E-state index >= 15 is 0 Å². The summed E-state index contributed by atoms with van der Waals surface area (Å²) in [5.74, 6) is 1.07. The molecule has 1 rings (SSSR count). The molecular formula is C5H6N2S. The number of nitriles is 1. The summed E-state index contributed by atoms with van der Waals surface area (Å²) in [6.45, 7) is 0.904. The van der Waals surface area contributed by atoms with Crippen LogP contribution in [-0.2, 0) is 0 Å². The molecule has 0 aromatic heterocycles. The number of hydrogen-bond donors (Lipinski definition) is 0. The van der Waals surface area contributed by atoms with Crippen LogP contribution in [0.5, 0.6) is 0 Å². The van der Waals surface area contributed by atoms with Gasteiger partial charge >= 0.3 is 0 Å². The van der Waals surface area contributed by atoms with E-state index in [0.717, 1.165) is 17.3 Å². The maximum atomic E-state index is 8.18. The van der Waals surface area contributed by atoms with Crippen LogP contribution < -0.4 is 0 Å². The molecule has 0 radical (unpaired) electrons. The molecule has 0 N–H and O–H groups in total. The number of nitrogens with zero attached hydrogens (tertiary/aromatic N) is 2. The van der Waals surface area contributed by atoms with Gasteiger partial charge in [-0.05, 0) is 0 Å². The average Bonchev–Trinajstić information content (AvgIpc) is 2.19. The van der Waals surface area contributed by atoms with E-state index < -0.39 is 0 Å². The lowest BCUT2D eigenvalue weighted by atomic mass is 10.5. The van der Waals surface area contributed by atoms with Crippen LogP contribution in [0.25, 0.3) is 0 Å². The van der Waals surface area contributed by atoms with E-state index in [1.165, 1.54) is 0 Å². The number of hydrogen-bond acceptors (Lipinski definition) is 3. The average molecular weight is 126 g/mol. The van der Waals surface area contributed by atoms with Crippen LogP contribution in [0.15, 0.2) is 4.99 Å². The molecule has 0 atom stereocenters. The molecule has 1 aliphatic heterocycles. The molecule has 2 nitrogen and oxygen atoms in total. The molecule has 0 aromatic rings. The van der Waals surface area contributed by atoms with Gasteiger partial charge in [0, 0.05) is 12.3 Å².